The molecule has 0 fully saturated rings. The molecule has 0 aliphatic rings. The molecular weight excluding hydrogens is 319 g/mol. The second kappa shape index (κ2) is 9.78. The van der Waals surface area contributed by atoms with Crippen molar-refractivity contribution < 1.29 is 13.9 Å². The maximum Gasteiger partial charge on any atom is 0.230 e. The third-order valence-corrected chi connectivity index (χ3v) is 3.04. The van der Waals surface area contributed by atoms with Gasteiger partial charge >= 0.3 is 0 Å². The van der Waals surface area contributed by atoms with E-state index in [-0.39, 0.29) is 17.1 Å². The van der Waals surface area contributed by atoms with Gasteiger partial charge in [-0.15, -0.1) is 6.42 Å². The lowest BCUT2D eigenvalue weighted by Crippen LogP contribution is -2.04. The summed E-state index contributed by atoms with van der Waals surface area (Å²) in [6.07, 6.45) is 10.3. The van der Waals surface area contributed by atoms with Crippen molar-refractivity contribution in [3.05, 3.63) is 60.2 Å². The average Bonchev–Trinajstić information content (AvgIpc) is 2.98. The number of aromatic hydroxyl groups is 1. The van der Waals surface area contributed by atoms with Crippen LogP contribution in [0.3, 0.4) is 0 Å². The van der Waals surface area contributed by atoms with Crippen molar-refractivity contribution in [2.45, 2.75) is 13.8 Å². The predicted molar refractivity (Wildman–Crippen MR) is 102 cm³/mol. The number of terminal acetylenes is 1. The van der Waals surface area contributed by atoms with Crippen LogP contribution in [0.4, 0.5) is 4.39 Å². The van der Waals surface area contributed by atoms with Gasteiger partial charge < -0.3 is 14.8 Å². The first kappa shape index (κ1) is 19.8. The first-order chi connectivity index (χ1) is 11.9. The molecule has 0 atom stereocenters. The summed E-state index contributed by atoms with van der Waals surface area (Å²) in [5.41, 5.74) is 0.928. The van der Waals surface area contributed by atoms with Gasteiger partial charge in [-0.25, -0.2) is 4.99 Å². The number of hydrogen-bond donors (Lipinski definition) is 2. The molecule has 5 heteroatoms. The van der Waals surface area contributed by atoms with Crippen LogP contribution >= 0.6 is 0 Å². The molecule has 25 heavy (non-hydrogen) atoms. The predicted octanol–water partition coefficient (Wildman–Crippen LogP) is 4.80. The molecule has 0 unspecified atom stereocenters. The van der Waals surface area contributed by atoms with Crippen molar-refractivity contribution in [2.75, 3.05) is 7.05 Å². The Morgan fingerprint density at radius 3 is 2.68 bits per heavy atom. The molecule has 1 aromatic heterocycles. The van der Waals surface area contributed by atoms with Gasteiger partial charge in [0, 0.05) is 12.4 Å². The number of benzene rings is 1. The van der Waals surface area contributed by atoms with Gasteiger partial charge in [-0.3, -0.25) is 0 Å². The monoisotopic (exact) mass is 340 g/mol. The van der Waals surface area contributed by atoms with Crippen LogP contribution in [0.5, 0.6) is 5.75 Å². The molecule has 0 amide bonds. The van der Waals surface area contributed by atoms with Crippen molar-refractivity contribution in [1.82, 2.24) is 5.32 Å². The standard InChI is InChI=1S/C11H10O2.C9H11FN2/c1-2-3-10-7-8-6-9(12)4-5-11(8)13-10;1-5-8(6-2)9(10)12-7(3)11-4/h2-7,12H,1H3;1,6,11H,3H2,2,4H3/b3-2+;8-6-,12-9+. The molecule has 1 heterocycles. The van der Waals surface area contributed by atoms with Gasteiger partial charge in [0.05, 0.1) is 5.57 Å². The van der Waals surface area contributed by atoms with Crippen molar-refractivity contribution in [1.29, 1.82) is 0 Å². The molecule has 2 N–H and O–H groups in total. The van der Waals surface area contributed by atoms with Crippen LogP contribution in [-0.4, -0.2) is 18.1 Å². The smallest absolute Gasteiger partial charge is 0.230 e. The second-order valence-corrected chi connectivity index (χ2v) is 4.82. The number of rotatable bonds is 4. The number of phenols is 1. The van der Waals surface area contributed by atoms with Gasteiger partial charge in [-0.05, 0) is 44.2 Å². The fourth-order valence-corrected chi connectivity index (χ4v) is 1.79. The lowest BCUT2D eigenvalue weighted by molar-refractivity contribution is 0.476. The van der Waals surface area contributed by atoms with Crippen LogP contribution in [0.1, 0.15) is 19.6 Å². The van der Waals surface area contributed by atoms with Gasteiger partial charge in [0.1, 0.15) is 22.9 Å². The van der Waals surface area contributed by atoms with Gasteiger partial charge in [-0.2, -0.15) is 4.39 Å². The zero-order valence-electron chi connectivity index (χ0n) is 14.5. The summed E-state index contributed by atoms with van der Waals surface area (Å²) in [6, 6.07) is 6.96. The number of phenolic OH excluding ortho intramolecular Hbond substituents is 1. The quantitative estimate of drug-likeness (QED) is 0.621. The lowest BCUT2D eigenvalue weighted by Gasteiger charge is -1.97. The van der Waals surface area contributed by atoms with Gasteiger partial charge in [0.2, 0.25) is 5.97 Å². The number of aliphatic imine (C=N–C) groups is 1. The fraction of sp³-hybridized carbons (Fsp3) is 0.150. The Hall–Kier alpha value is -3.26. The summed E-state index contributed by atoms with van der Waals surface area (Å²) in [4.78, 5) is 3.47. The molecule has 2 rings (SSSR count). The Balaban J connectivity index is 0.000000252. The molecule has 4 nitrogen and oxygen atoms in total. The summed E-state index contributed by atoms with van der Waals surface area (Å²) in [5.74, 6) is 2.78. The Morgan fingerprint density at radius 1 is 1.40 bits per heavy atom. The van der Waals surface area contributed by atoms with Gasteiger partial charge in [0.25, 0.3) is 0 Å². The minimum absolute atomic E-state index is 0.131. The Labute approximate surface area is 147 Å². The fourth-order valence-electron chi connectivity index (χ4n) is 1.79. The highest BCUT2D eigenvalue weighted by molar-refractivity contribution is 5.97. The number of fused-ring (bicyclic) bond motifs is 1. The number of nitrogens with one attached hydrogen (secondary N) is 1. The van der Waals surface area contributed by atoms with E-state index in [0.29, 0.717) is 0 Å². The molecule has 0 aliphatic heterocycles. The number of furan rings is 1. The highest BCUT2D eigenvalue weighted by atomic mass is 19.1. The molecule has 0 saturated heterocycles. The van der Waals surface area contributed by atoms with Crippen molar-refractivity contribution >= 4 is 23.0 Å². The molecule has 130 valence electrons. The first-order valence-electron chi connectivity index (χ1n) is 7.54. The molecule has 1 aromatic carbocycles. The number of halogens is 1. The van der Waals surface area contributed by atoms with Crippen LogP contribution in [0.15, 0.2) is 63.8 Å². The number of nitrogens with zero attached hydrogens (tertiary/aromatic N) is 1. The summed E-state index contributed by atoms with van der Waals surface area (Å²) < 4.78 is 18.4. The van der Waals surface area contributed by atoms with Crippen LogP contribution in [0.25, 0.3) is 17.0 Å². The van der Waals surface area contributed by atoms with E-state index in [0.717, 1.165) is 16.7 Å². The molecule has 0 radical (unpaired) electrons. The summed E-state index contributed by atoms with van der Waals surface area (Å²) in [5, 5.41) is 12.7. The zero-order valence-corrected chi connectivity index (χ0v) is 14.5. The van der Waals surface area contributed by atoms with Gasteiger partial charge in [0.15, 0.2) is 0 Å². The summed E-state index contributed by atoms with van der Waals surface area (Å²) in [6.45, 7) is 7.01. The maximum atomic E-state index is 12.9. The number of allylic oxidation sites excluding steroid dienone is 3. The van der Waals surface area contributed by atoms with Crippen molar-refractivity contribution in [3.63, 3.8) is 0 Å². The minimum Gasteiger partial charge on any atom is -0.508 e. The van der Waals surface area contributed by atoms with Crippen LogP contribution in [-0.2, 0) is 0 Å². The van der Waals surface area contributed by atoms with Crippen LogP contribution in [0.2, 0.25) is 0 Å². The van der Waals surface area contributed by atoms with Crippen molar-refractivity contribution in [3.8, 4) is 18.1 Å². The highest BCUT2D eigenvalue weighted by Crippen LogP contribution is 2.23. The van der Waals surface area contributed by atoms with Crippen LogP contribution < -0.4 is 5.32 Å². The third-order valence-electron chi connectivity index (χ3n) is 3.04. The Kier molecular flexibility index (Phi) is 7.74. The lowest BCUT2D eigenvalue weighted by atomic mass is 10.2. The summed E-state index contributed by atoms with van der Waals surface area (Å²) >= 11 is 0. The van der Waals surface area contributed by atoms with E-state index < -0.39 is 5.97 Å². The normalized spacial score (nSPS) is 11.8. The minimum atomic E-state index is -0.695. The molecule has 0 aliphatic carbocycles. The number of hydrogen-bond acceptors (Lipinski definition) is 4. The second-order valence-electron chi connectivity index (χ2n) is 4.82. The molecule has 2 aromatic rings. The van der Waals surface area contributed by atoms with E-state index >= 15 is 0 Å². The Morgan fingerprint density at radius 2 is 2.12 bits per heavy atom. The zero-order chi connectivity index (χ0) is 18.8. The topological polar surface area (TPSA) is 57.8 Å². The molecule has 0 bridgehead atoms. The van der Waals surface area contributed by atoms with E-state index in [1.165, 1.54) is 6.08 Å². The molecule has 0 spiro atoms. The van der Waals surface area contributed by atoms with E-state index in [2.05, 4.69) is 22.8 Å². The largest absolute Gasteiger partial charge is 0.508 e. The van der Waals surface area contributed by atoms with E-state index in [1.807, 2.05) is 25.1 Å². The van der Waals surface area contributed by atoms with Crippen LogP contribution in [0, 0.1) is 12.3 Å². The van der Waals surface area contributed by atoms with Gasteiger partial charge in [-0.1, -0.05) is 24.7 Å². The SMILES string of the molecule is C#CC(=C/C)/C(F)=N\C(=C)NC.C/C=C/c1cc2cc(O)ccc2o1. The highest BCUT2D eigenvalue weighted by Gasteiger charge is 2.01. The van der Waals surface area contributed by atoms with E-state index in [1.54, 1.807) is 32.2 Å². The molecular formula is C20H21FN2O2. The van der Waals surface area contributed by atoms with E-state index in [4.69, 9.17) is 10.8 Å². The third kappa shape index (κ3) is 6.04. The average molecular weight is 340 g/mol. The molecule has 0 saturated carbocycles. The summed E-state index contributed by atoms with van der Waals surface area (Å²) in [7, 11) is 1.60. The van der Waals surface area contributed by atoms with Crippen molar-refractivity contribution in [2.24, 2.45) is 4.99 Å². The first-order valence-corrected chi connectivity index (χ1v) is 7.54. The Bertz CT molecular complexity index is 867. The maximum absolute atomic E-state index is 12.9. The van der Waals surface area contributed by atoms with E-state index in [9.17, 15) is 9.50 Å².